The van der Waals surface area contributed by atoms with Crippen molar-refractivity contribution in [1.29, 1.82) is 0 Å². The van der Waals surface area contributed by atoms with Gasteiger partial charge in [-0.15, -0.1) is 43.7 Å². The fourth-order valence-corrected chi connectivity index (χ4v) is 9.91. The molecule has 10 rings (SSSR count). The zero-order valence-corrected chi connectivity index (χ0v) is 36.1. The van der Waals surface area contributed by atoms with E-state index in [-0.39, 0.29) is 191 Å². The second kappa shape index (κ2) is 16.1. The first kappa shape index (κ1) is 46.9. The van der Waals surface area contributed by atoms with Gasteiger partial charge in [0.15, 0.2) is 0 Å². The molecule has 1 aromatic heterocycles. The van der Waals surface area contributed by atoms with Gasteiger partial charge in [-0.3, -0.25) is 0 Å². The van der Waals surface area contributed by atoms with Gasteiger partial charge < -0.3 is 4.42 Å². The highest BCUT2D eigenvalue weighted by Gasteiger charge is 2.31. The van der Waals surface area contributed by atoms with Crippen LogP contribution in [0.2, 0.25) is 0 Å². The van der Waals surface area contributed by atoms with Crippen LogP contribution in [0.1, 0.15) is 0 Å². The topological polar surface area (TPSA) is 13.1 Å². The van der Waals surface area contributed by atoms with E-state index in [1.165, 1.54) is 0 Å². The molecule has 0 atom stereocenters. The number of fused-ring (bicyclic) bond motifs is 7. The summed E-state index contributed by atoms with van der Waals surface area (Å²) in [6.07, 6.45) is 0. The average Bonchev–Trinajstić information content (AvgIpc) is 3.74. The molecule has 0 bridgehead atoms. The molecule has 0 fully saturated rings. The van der Waals surface area contributed by atoms with E-state index in [0.717, 1.165) is 10.8 Å². The van der Waals surface area contributed by atoms with Crippen molar-refractivity contribution in [2.75, 3.05) is 0 Å². The minimum absolute atomic E-state index is 0.00557. The highest BCUT2D eigenvalue weighted by molar-refractivity contribution is 6.75. The molecule has 10 aromatic rings. The van der Waals surface area contributed by atoms with Gasteiger partial charge in [0, 0.05) is 10.8 Å². The van der Waals surface area contributed by atoms with Gasteiger partial charge in [-0.2, -0.15) is 0 Å². The monoisotopic (exact) mass is 806 g/mol. The number of hydrogen-bond acceptors (Lipinski definition) is 1. The van der Waals surface area contributed by atoms with Crippen LogP contribution in [0.25, 0.3) is 98.4 Å². The zero-order valence-electron chi connectivity index (χ0n) is 36.1. The summed E-state index contributed by atoms with van der Waals surface area (Å²) in [5.74, 6) is 0. The fraction of sp³-hybridized carbons (Fsp3) is 0. The van der Waals surface area contributed by atoms with Crippen molar-refractivity contribution in [2.24, 2.45) is 0 Å². The maximum atomic E-state index is 7.34. The van der Waals surface area contributed by atoms with E-state index in [9.17, 15) is 0 Å². The van der Waals surface area contributed by atoms with E-state index in [2.05, 4.69) is 0 Å². The Balaban J connectivity index is 1.52. The number of rotatable bonds is 3. The van der Waals surface area contributed by atoms with E-state index in [0.29, 0.717) is 11.1 Å². The Kier molecular flexibility index (Phi) is 11.1. The second-order valence-corrected chi connectivity index (χ2v) is 16.9. The first-order chi connectivity index (χ1) is 32.1. The third-order valence-electron chi connectivity index (χ3n) is 13.5. The summed E-state index contributed by atoms with van der Waals surface area (Å²) in [7, 11) is 144. The normalized spacial score (nSPS) is 11.9. The highest BCUT2D eigenvalue weighted by Crippen LogP contribution is 2.42. The van der Waals surface area contributed by atoms with Crippen molar-refractivity contribution >= 4 is 345 Å². The lowest BCUT2D eigenvalue weighted by Crippen LogP contribution is -2.51. The molecule has 68 heavy (non-hydrogen) atoms. The Bertz CT molecular complexity index is 3960. The van der Waals surface area contributed by atoms with Gasteiger partial charge in [0.1, 0.15) is 176 Å². The largest absolute Gasteiger partial charge is 0.457 e. The van der Waals surface area contributed by atoms with Crippen molar-refractivity contribution < 1.29 is 4.42 Å². The Labute approximate surface area is 422 Å². The summed E-state index contributed by atoms with van der Waals surface area (Å²) < 4.78 is 6.20. The van der Waals surface area contributed by atoms with Crippen LogP contribution < -0.4 is 115 Å². The third kappa shape index (κ3) is 6.06. The predicted molar refractivity (Wildman–Crippen MR) is 313 cm³/mol. The van der Waals surface area contributed by atoms with Crippen molar-refractivity contribution in [3.8, 4) is 33.4 Å². The number of benzene rings is 9. The maximum Gasteiger partial charge on any atom is 0.127 e. The van der Waals surface area contributed by atoms with E-state index < -0.39 is 0 Å². The Hall–Kier alpha value is -4.82. The molecule has 0 saturated heterocycles. The van der Waals surface area contributed by atoms with E-state index in [4.69, 9.17) is 169 Å². The molecule has 0 aliphatic carbocycles. The van der Waals surface area contributed by atoms with Gasteiger partial charge >= 0.3 is 0 Å². The van der Waals surface area contributed by atoms with Crippen LogP contribution in [0.3, 0.4) is 0 Å². The molecule has 0 unspecified atom stereocenters. The van der Waals surface area contributed by atoms with Crippen molar-refractivity contribution in [2.45, 2.75) is 0 Å². The van der Waals surface area contributed by atoms with Crippen molar-refractivity contribution in [3.05, 3.63) is 42.5 Å². The van der Waals surface area contributed by atoms with E-state index >= 15 is 0 Å². The van der Waals surface area contributed by atoms with Crippen LogP contribution >= 0.6 is 0 Å². The van der Waals surface area contributed by atoms with Crippen LogP contribution in [0.15, 0.2) is 46.9 Å². The maximum absolute atomic E-state index is 7.34. The summed E-state index contributed by atoms with van der Waals surface area (Å²) in [6.45, 7) is 0. The van der Waals surface area contributed by atoms with E-state index in [1.54, 1.807) is 0 Å². The van der Waals surface area contributed by atoms with Crippen LogP contribution in [0, 0.1) is 0 Å². The van der Waals surface area contributed by atoms with Gasteiger partial charge in [0.25, 0.3) is 0 Å². The molecule has 0 N–H and O–H groups in total. The average molecular weight is 803 g/mol. The van der Waals surface area contributed by atoms with Crippen molar-refractivity contribution in [1.82, 2.24) is 0 Å². The van der Waals surface area contributed by atoms with Gasteiger partial charge in [0.05, 0.1) is 0 Å². The lowest BCUT2D eigenvalue weighted by Gasteiger charge is -2.32. The Morgan fingerprint density at radius 1 is 0.221 bits per heavy atom. The molecule has 9 aromatic carbocycles. The SMILES string of the molecule is [B]c1c([B])c([B])c2c(oc3c([B])c([B])c(-c4c5c([B])c([B])c([B])c([B])c5c(-c5c([B])c([B])c(-c6ccc7ccccc7c6)c6c([B])c([B])c([B])c([B])c56)c5c([B])c([B])c([B])c([B])c45)c([B])c32)c1[B]. The van der Waals surface area contributed by atoms with Gasteiger partial charge in [-0.25, -0.2) is 0 Å². The molecule has 260 valence electrons. The molecular weight excluding hydrogens is 796 g/mol. The lowest BCUT2D eigenvalue weighted by molar-refractivity contribution is 0.675. The van der Waals surface area contributed by atoms with Gasteiger partial charge in [-0.05, 0) is 82.5 Å². The Morgan fingerprint density at radius 3 is 0.985 bits per heavy atom. The van der Waals surface area contributed by atoms with Crippen LogP contribution in [0.5, 0.6) is 0 Å². The molecule has 0 aliphatic heterocycles. The minimum atomic E-state index is -0.140. The molecule has 0 spiro atoms. The minimum Gasteiger partial charge on any atom is -0.457 e. The summed E-state index contributed by atoms with van der Waals surface area (Å²) in [5, 5.41) is 2.89. The summed E-state index contributed by atoms with van der Waals surface area (Å²) >= 11 is 0. The molecule has 0 saturated carbocycles. The summed E-state index contributed by atoms with van der Waals surface area (Å²) in [5.41, 5.74) is -0.269. The molecule has 1 heterocycles. The Morgan fingerprint density at radius 2 is 0.529 bits per heavy atom. The number of furan rings is 1. The standard InChI is InChI=1S/C46H7B21O/c47-24-21(33(56)43(66)45-22(24)23-34(57)41(64)42(65)44(67)46(23)68-45)13-18-15(28(51)36(59)38(61)30(18)53)12(16-19(13)31(54)39(62)37(60)29(16)52)17-20-14(27(50)35(58)40(63)32(20)55)11(25(48)26(17)49)10-6-5-8-3-1-2-4-9(8)7-10/h1-7H. The first-order valence-electron chi connectivity index (χ1n) is 20.5. The molecule has 22 heteroatoms. The smallest absolute Gasteiger partial charge is 0.127 e. The second-order valence-electron chi connectivity index (χ2n) is 16.9. The molecule has 0 amide bonds. The molecule has 1 nitrogen and oxygen atoms in total. The zero-order chi connectivity index (χ0) is 49.2. The van der Waals surface area contributed by atoms with Crippen LogP contribution in [0.4, 0.5) is 0 Å². The van der Waals surface area contributed by atoms with Gasteiger partial charge in [0.2, 0.25) is 0 Å². The van der Waals surface area contributed by atoms with Crippen LogP contribution in [-0.4, -0.2) is 165 Å². The van der Waals surface area contributed by atoms with Gasteiger partial charge in [-0.1, -0.05) is 107 Å². The summed E-state index contributed by atoms with van der Waals surface area (Å²) in [6, 6.07) is 13.5. The van der Waals surface area contributed by atoms with Crippen molar-refractivity contribution in [3.63, 3.8) is 0 Å². The van der Waals surface area contributed by atoms with E-state index in [1.807, 2.05) is 42.5 Å². The first-order valence-corrected chi connectivity index (χ1v) is 20.5. The number of hydrogen-bond donors (Lipinski definition) is 0. The molecule has 42 radical (unpaired) electrons. The fourth-order valence-electron chi connectivity index (χ4n) is 9.91. The predicted octanol–water partition coefficient (Wildman–Crippen LogP) is -12.1. The van der Waals surface area contributed by atoms with Crippen LogP contribution in [-0.2, 0) is 0 Å². The highest BCUT2D eigenvalue weighted by atomic mass is 16.3. The quantitative estimate of drug-likeness (QED) is 0.128. The molecular formula is C46H7B21O. The lowest BCUT2D eigenvalue weighted by atomic mass is 9.56. The third-order valence-corrected chi connectivity index (χ3v) is 13.5. The summed E-state index contributed by atoms with van der Waals surface area (Å²) in [4.78, 5) is 0. The molecule has 0 aliphatic rings.